The Morgan fingerprint density at radius 2 is 0.711 bits per heavy atom. The summed E-state index contributed by atoms with van der Waals surface area (Å²) < 4.78 is 16.8. The first-order chi connectivity index (χ1) is 44.2. The summed E-state index contributed by atoms with van der Waals surface area (Å²) in [5, 5.41) is 54.3. The van der Waals surface area contributed by atoms with E-state index in [2.05, 4.69) is 31.3 Å². The van der Waals surface area contributed by atoms with Crippen LogP contribution < -0.4 is 5.32 Å². The number of aliphatic hydroxyl groups is 5. The van der Waals surface area contributed by atoms with E-state index in [9.17, 15) is 35.1 Å². The largest absolute Gasteiger partial charge is 0.466 e. The Bertz CT molecular complexity index is 1540. The molecule has 1 fully saturated rings. The lowest BCUT2D eigenvalue weighted by atomic mass is 9.99. The normalized spacial score (nSPS) is 17.7. The first-order valence-electron chi connectivity index (χ1n) is 39.6. The first kappa shape index (κ1) is 86.2. The Morgan fingerprint density at radius 3 is 1.07 bits per heavy atom. The molecule has 7 unspecified atom stereocenters. The van der Waals surface area contributed by atoms with Gasteiger partial charge in [-0.1, -0.05) is 359 Å². The molecule has 0 saturated carbocycles. The number of hydrogen-bond acceptors (Lipinski definition) is 10. The summed E-state index contributed by atoms with van der Waals surface area (Å²) in [6.45, 7) is 4.36. The van der Waals surface area contributed by atoms with Gasteiger partial charge in [0.15, 0.2) is 6.29 Å². The molecule has 0 spiro atoms. The molecule has 0 radical (unpaired) electrons. The van der Waals surface area contributed by atoms with Crippen molar-refractivity contribution < 1.29 is 49.3 Å². The minimum Gasteiger partial charge on any atom is -0.466 e. The average molecular weight is 1280 g/mol. The Hall–Kier alpha value is -1.86. The van der Waals surface area contributed by atoms with E-state index < -0.39 is 49.5 Å². The van der Waals surface area contributed by atoms with Gasteiger partial charge in [0.25, 0.3) is 0 Å². The van der Waals surface area contributed by atoms with Crippen molar-refractivity contribution >= 4 is 11.9 Å². The number of rotatable bonds is 71. The molecule has 0 aliphatic carbocycles. The number of nitrogens with one attached hydrogen (secondary N) is 1. The monoisotopic (exact) mass is 1270 g/mol. The highest BCUT2D eigenvalue weighted by atomic mass is 16.7. The van der Waals surface area contributed by atoms with Gasteiger partial charge in [-0.2, -0.15) is 0 Å². The number of hydrogen-bond donors (Lipinski definition) is 6. The fourth-order valence-corrected chi connectivity index (χ4v) is 12.8. The summed E-state index contributed by atoms with van der Waals surface area (Å²) in [6, 6.07) is -0.804. The van der Waals surface area contributed by atoms with Gasteiger partial charge in [-0.3, -0.25) is 9.59 Å². The molecule has 1 heterocycles. The van der Waals surface area contributed by atoms with Crippen molar-refractivity contribution in [1.82, 2.24) is 5.32 Å². The maximum atomic E-state index is 13.0. The van der Waals surface area contributed by atoms with E-state index in [0.29, 0.717) is 19.4 Å². The van der Waals surface area contributed by atoms with E-state index in [0.717, 1.165) is 57.8 Å². The lowest BCUT2D eigenvalue weighted by Gasteiger charge is -2.40. The third kappa shape index (κ3) is 56.5. The number of ether oxygens (including phenoxy) is 3. The predicted molar refractivity (Wildman–Crippen MR) is 380 cm³/mol. The first-order valence-corrected chi connectivity index (χ1v) is 39.6. The highest BCUT2D eigenvalue weighted by Gasteiger charge is 2.44. The van der Waals surface area contributed by atoms with Gasteiger partial charge in [0.05, 0.1) is 32.0 Å². The maximum Gasteiger partial charge on any atom is 0.305 e. The third-order valence-electron chi connectivity index (χ3n) is 19.1. The number of allylic oxidation sites excluding steroid dienone is 3. The highest BCUT2D eigenvalue weighted by Crippen LogP contribution is 2.24. The van der Waals surface area contributed by atoms with E-state index in [1.165, 1.54) is 321 Å². The second-order valence-corrected chi connectivity index (χ2v) is 27.8. The lowest BCUT2D eigenvalue weighted by Crippen LogP contribution is -2.60. The van der Waals surface area contributed by atoms with Crippen LogP contribution >= 0.6 is 0 Å². The molecule has 11 nitrogen and oxygen atoms in total. The molecule has 7 atom stereocenters. The van der Waals surface area contributed by atoms with Gasteiger partial charge < -0.3 is 45.1 Å². The van der Waals surface area contributed by atoms with Gasteiger partial charge in [-0.15, -0.1) is 0 Å². The molecular weight excluding hydrogens is 1120 g/mol. The van der Waals surface area contributed by atoms with E-state index in [1.807, 2.05) is 6.08 Å². The van der Waals surface area contributed by atoms with Crippen molar-refractivity contribution in [2.24, 2.45) is 0 Å². The fourth-order valence-electron chi connectivity index (χ4n) is 12.8. The van der Waals surface area contributed by atoms with Crippen molar-refractivity contribution in [2.75, 3.05) is 19.8 Å². The number of carbonyl (C=O) groups is 2. The zero-order valence-corrected chi connectivity index (χ0v) is 59.4. The predicted octanol–water partition coefficient (Wildman–Crippen LogP) is 21.1. The van der Waals surface area contributed by atoms with Gasteiger partial charge in [0, 0.05) is 12.8 Å². The van der Waals surface area contributed by atoms with Crippen LogP contribution in [-0.2, 0) is 23.8 Å². The molecule has 1 aliphatic heterocycles. The molecule has 0 bridgehead atoms. The standard InChI is InChI=1S/C79H151NO10/c1-3-5-7-9-11-13-14-15-16-17-38-41-44-47-51-55-59-63-67-75(84)88-68-64-60-56-52-48-45-42-39-36-34-32-30-28-26-24-22-20-18-19-21-23-25-27-29-31-33-35-37-40-43-46-50-54-58-62-66-74(83)80-71(72(82)65-61-57-53-49-12-10-8-6-4-2)70-89-79-78(87)77(86)76(85)73(69-81)90-79/h16-17,61,65,71-73,76-79,81-82,85-87H,3-15,18-60,62-64,66-70H2,1-2H3,(H,80,83)/b17-16-,65-61+. The highest BCUT2D eigenvalue weighted by molar-refractivity contribution is 5.76. The Morgan fingerprint density at radius 1 is 0.400 bits per heavy atom. The van der Waals surface area contributed by atoms with Crippen molar-refractivity contribution in [3.8, 4) is 0 Å². The number of unbranched alkanes of at least 4 members (excludes halogenated alkanes) is 55. The molecular formula is C79H151NO10. The molecule has 6 N–H and O–H groups in total. The van der Waals surface area contributed by atoms with Gasteiger partial charge in [-0.05, 0) is 57.8 Å². The summed E-state index contributed by atoms with van der Waals surface area (Å²) in [5.41, 5.74) is 0. The van der Waals surface area contributed by atoms with Crippen LogP contribution in [0.1, 0.15) is 406 Å². The van der Waals surface area contributed by atoms with Crippen LogP contribution in [0.2, 0.25) is 0 Å². The Balaban J connectivity index is 1.84. The van der Waals surface area contributed by atoms with Crippen LogP contribution in [0, 0.1) is 0 Å². The van der Waals surface area contributed by atoms with Gasteiger partial charge in [0.2, 0.25) is 5.91 Å². The third-order valence-corrected chi connectivity index (χ3v) is 19.1. The topological polar surface area (TPSA) is 175 Å². The number of aliphatic hydroxyl groups excluding tert-OH is 5. The molecule has 0 aromatic rings. The van der Waals surface area contributed by atoms with Crippen LogP contribution in [0.5, 0.6) is 0 Å². The molecule has 1 rings (SSSR count). The zero-order chi connectivity index (χ0) is 65.1. The molecule has 11 heteroatoms. The van der Waals surface area contributed by atoms with Crippen LogP contribution in [0.15, 0.2) is 24.3 Å². The number of carbonyl (C=O) groups excluding carboxylic acids is 2. The molecule has 532 valence electrons. The fraction of sp³-hybridized carbons (Fsp3) is 0.924. The van der Waals surface area contributed by atoms with Gasteiger partial charge >= 0.3 is 5.97 Å². The van der Waals surface area contributed by atoms with Crippen LogP contribution in [0.3, 0.4) is 0 Å². The maximum absolute atomic E-state index is 13.0. The van der Waals surface area contributed by atoms with Crippen molar-refractivity contribution in [3.63, 3.8) is 0 Å². The quantitative estimate of drug-likeness (QED) is 0.0195. The summed E-state index contributed by atoms with van der Waals surface area (Å²) in [6.07, 6.45) is 78.0. The average Bonchev–Trinajstić information content (AvgIpc) is 1.62. The van der Waals surface area contributed by atoms with Crippen LogP contribution in [-0.4, -0.2) is 100 Å². The van der Waals surface area contributed by atoms with Crippen LogP contribution in [0.4, 0.5) is 0 Å². The molecule has 0 aromatic heterocycles. The van der Waals surface area contributed by atoms with Crippen molar-refractivity contribution in [1.29, 1.82) is 0 Å². The lowest BCUT2D eigenvalue weighted by molar-refractivity contribution is -0.302. The molecule has 1 saturated heterocycles. The Labute approximate surface area is 556 Å². The van der Waals surface area contributed by atoms with Gasteiger partial charge in [0.1, 0.15) is 24.4 Å². The van der Waals surface area contributed by atoms with E-state index in [4.69, 9.17) is 14.2 Å². The van der Waals surface area contributed by atoms with Crippen molar-refractivity contribution in [2.45, 2.75) is 448 Å². The van der Waals surface area contributed by atoms with E-state index >= 15 is 0 Å². The van der Waals surface area contributed by atoms with E-state index in [-0.39, 0.29) is 18.5 Å². The zero-order valence-electron chi connectivity index (χ0n) is 59.4. The summed E-state index contributed by atoms with van der Waals surface area (Å²) >= 11 is 0. The second kappa shape index (κ2) is 68.5. The summed E-state index contributed by atoms with van der Waals surface area (Å²) in [7, 11) is 0. The van der Waals surface area contributed by atoms with E-state index in [1.54, 1.807) is 6.08 Å². The van der Waals surface area contributed by atoms with Crippen LogP contribution in [0.25, 0.3) is 0 Å². The minimum atomic E-state index is -1.57. The SMILES string of the molecule is CCCCCCCCC/C=C\CCCCCCCCCC(=O)OCCCCCCCCCCCCCCCCCCCCCCCCCCCCCCCCCCCCCC(=O)NC(COC1OC(CO)C(O)C(O)C1O)C(O)/C=C/CCCCCCCCC. The Kier molecular flexibility index (Phi) is 65.6. The summed E-state index contributed by atoms with van der Waals surface area (Å²) in [4.78, 5) is 25.2. The molecule has 1 amide bonds. The van der Waals surface area contributed by atoms with Crippen molar-refractivity contribution in [3.05, 3.63) is 24.3 Å². The minimum absolute atomic E-state index is 0.0138. The number of amides is 1. The van der Waals surface area contributed by atoms with Gasteiger partial charge in [-0.25, -0.2) is 0 Å². The smallest absolute Gasteiger partial charge is 0.305 e. The molecule has 90 heavy (non-hydrogen) atoms. The second-order valence-electron chi connectivity index (χ2n) is 27.8. The number of esters is 1. The molecule has 0 aromatic carbocycles. The summed E-state index contributed by atoms with van der Waals surface area (Å²) in [5.74, 6) is -0.163. The molecule has 1 aliphatic rings.